The van der Waals surface area contributed by atoms with E-state index in [0.29, 0.717) is 16.3 Å². The van der Waals surface area contributed by atoms with E-state index in [1.165, 1.54) is 11.3 Å². The Bertz CT molecular complexity index is 960. The topological polar surface area (TPSA) is 91.9 Å². The van der Waals surface area contributed by atoms with E-state index < -0.39 is 9.84 Å². The molecule has 0 aliphatic heterocycles. The molecule has 0 radical (unpaired) electrons. The molecular formula is C16H15N3O3S2. The second-order valence-electron chi connectivity index (χ2n) is 5.35. The van der Waals surface area contributed by atoms with Gasteiger partial charge in [-0.2, -0.15) is 0 Å². The van der Waals surface area contributed by atoms with Crippen LogP contribution in [-0.4, -0.2) is 30.5 Å². The first kappa shape index (κ1) is 16.4. The van der Waals surface area contributed by atoms with Gasteiger partial charge >= 0.3 is 0 Å². The van der Waals surface area contributed by atoms with Crippen molar-refractivity contribution in [1.82, 2.24) is 9.97 Å². The zero-order valence-electron chi connectivity index (χ0n) is 12.8. The summed E-state index contributed by atoms with van der Waals surface area (Å²) in [5.41, 5.74) is 2.61. The standard InChI is InChI=1S/C16H15N3O3S2/c1-24(21,22)10-11-4-2-5-12(8-11)15(20)19-16-18-14(9-23-16)13-6-3-7-17-13/h2-9,17H,10H2,1H3,(H,18,19,20). The molecule has 2 aromatic heterocycles. The van der Waals surface area contributed by atoms with Crippen LogP contribution in [0, 0.1) is 0 Å². The van der Waals surface area contributed by atoms with Crippen LogP contribution in [0.1, 0.15) is 15.9 Å². The van der Waals surface area contributed by atoms with Gasteiger partial charge < -0.3 is 4.98 Å². The Labute approximate surface area is 143 Å². The van der Waals surface area contributed by atoms with Gasteiger partial charge in [-0.15, -0.1) is 11.3 Å². The summed E-state index contributed by atoms with van der Waals surface area (Å²) < 4.78 is 22.8. The quantitative estimate of drug-likeness (QED) is 0.731. The van der Waals surface area contributed by atoms with E-state index in [9.17, 15) is 13.2 Å². The maximum Gasteiger partial charge on any atom is 0.257 e. The van der Waals surface area contributed by atoms with Crippen molar-refractivity contribution in [2.24, 2.45) is 0 Å². The van der Waals surface area contributed by atoms with Crippen molar-refractivity contribution in [2.45, 2.75) is 5.75 Å². The average molecular weight is 361 g/mol. The first-order valence-corrected chi connectivity index (χ1v) is 10.0. The van der Waals surface area contributed by atoms with E-state index >= 15 is 0 Å². The van der Waals surface area contributed by atoms with E-state index in [0.717, 1.165) is 17.6 Å². The van der Waals surface area contributed by atoms with Crippen molar-refractivity contribution >= 4 is 32.2 Å². The maximum absolute atomic E-state index is 12.3. The largest absolute Gasteiger partial charge is 0.360 e. The summed E-state index contributed by atoms with van der Waals surface area (Å²) in [5.74, 6) is -0.416. The van der Waals surface area contributed by atoms with Crippen LogP contribution in [0.5, 0.6) is 0 Å². The summed E-state index contributed by atoms with van der Waals surface area (Å²) in [6, 6.07) is 10.3. The molecule has 2 N–H and O–H groups in total. The molecule has 0 bridgehead atoms. The highest BCUT2D eigenvalue weighted by atomic mass is 32.2. The highest BCUT2D eigenvalue weighted by Gasteiger charge is 2.12. The number of thiazole rings is 1. The number of rotatable bonds is 5. The predicted octanol–water partition coefficient (Wildman–Crippen LogP) is 2.94. The number of carbonyl (C=O) groups is 1. The maximum atomic E-state index is 12.3. The third kappa shape index (κ3) is 4.09. The van der Waals surface area contributed by atoms with Gasteiger partial charge in [0.1, 0.15) is 0 Å². The number of hydrogen-bond acceptors (Lipinski definition) is 5. The second-order valence-corrected chi connectivity index (χ2v) is 8.34. The lowest BCUT2D eigenvalue weighted by atomic mass is 10.1. The Morgan fingerprint density at radius 3 is 2.83 bits per heavy atom. The fourth-order valence-corrected chi connectivity index (χ4v) is 3.71. The Balaban J connectivity index is 1.74. The predicted molar refractivity (Wildman–Crippen MR) is 94.8 cm³/mol. The number of amides is 1. The SMILES string of the molecule is CS(=O)(=O)Cc1cccc(C(=O)Nc2nc(-c3ccc[nH]3)cs2)c1. The van der Waals surface area contributed by atoms with Gasteiger partial charge in [0.2, 0.25) is 0 Å². The molecule has 0 spiro atoms. The highest BCUT2D eigenvalue weighted by molar-refractivity contribution is 7.89. The van der Waals surface area contributed by atoms with Crippen molar-refractivity contribution < 1.29 is 13.2 Å². The molecule has 0 saturated heterocycles. The molecule has 0 aliphatic rings. The van der Waals surface area contributed by atoms with Crippen LogP contribution >= 0.6 is 11.3 Å². The molecule has 6 nitrogen and oxygen atoms in total. The van der Waals surface area contributed by atoms with Gasteiger partial charge in [-0.05, 0) is 29.8 Å². The minimum atomic E-state index is -3.15. The molecule has 0 atom stereocenters. The number of H-pyrrole nitrogens is 1. The van der Waals surface area contributed by atoms with Crippen molar-refractivity contribution in [1.29, 1.82) is 0 Å². The van der Waals surface area contributed by atoms with Crippen LogP contribution < -0.4 is 5.32 Å². The number of carbonyl (C=O) groups excluding carboxylic acids is 1. The van der Waals surface area contributed by atoms with Gasteiger partial charge in [0, 0.05) is 23.4 Å². The Morgan fingerprint density at radius 1 is 1.29 bits per heavy atom. The monoisotopic (exact) mass is 361 g/mol. The number of nitrogens with one attached hydrogen (secondary N) is 2. The number of benzene rings is 1. The zero-order valence-corrected chi connectivity index (χ0v) is 14.4. The third-order valence-electron chi connectivity index (χ3n) is 3.22. The summed E-state index contributed by atoms with van der Waals surface area (Å²) in [5, 5.41) is 5.07. The molecule has 8 heteroatoms. The Kier molecular flexibility index (Phi) is 4.50. The lowest BCUT2D eigenvalue weighted by molar-refractivity contribution is 0.102. The van der Waals surface area contributed by atoms with E-state index in [2.05, 4.69) is 15.3 Å². The normalized spacial score (nSPS) is 11.4. The van der Waals surface area contributed by atoms with Crippen molar-refractivity contribution in [2.75, 3.05) is 11.6 Å². The van der Waals surface area contributed by atoms with Crippen molar-refractivity contribution in [3.05, 3.63) is 59.1 Å². The van der Waals surface area contributed by atoms with Crippen molar-refractivity contribution in [3.8, 4) is 11.4 Å². The molecular weight excluding hydrogens is 346 g/mol. The van der Waals surface area contributed by atoms with Gasteiger partial charge in [-0.25, -0.2) is 13.4 Å². The fourth-order valence-electron chi connectivity index (χ4n) is 2.22. The first-order chi connectivity index (χ1) is 11.4. The first-order valence-electron chi connectivity index (χ1n) is 7.08. The second kappa shape index (κ2) is 6.58. The number of sulfone groups is 1. The lowest BCUT2D eigenvalue weighted by Crippen LogP contribution is -2.12. The van der Waals surface area contributed by atoms with E-state index in [1.807, 2.05) is 17.5 Å². The van der Waals surface area contributed by atoms with Crippen LogP contribution in [0.25, 0.3) is 11.4 Å². The molecule has 24 heavy (non-hydrogen) atoms. The van der Waals surface area contributed by atoms with Crippen LogP contribution in [0.2, 0.25) is 0 Å². The molecule has 3 aromatic rings. The van der Waals surface area contributed by atoms with Gasteiger partial charge in [0.25, 0.3) is 5.91 Å². The van der Waals surface area contributed by atoms with E-state index in [4.69, 9.17) is 0 Å². The van der Waals surface area contributed by atoms with Crippen molar-refractivity contribution in [3.63, 3.8) is 0 Å². The van der Waals surface area contributed by atoms with Crippen LogP contribution in [0.3, 0.4) is 0 Å². The summed E-state index contributed by atoms with van der Waals surface area (Å²) >= 11 is 1.33. The van der Waals surface area contributed by atoms with E-state index in [1.54, 1.807) is 30.5 Å². The number of aromatic nitrogens is 2. The number of anilines is 1. The minimum absolute atomic E-state index is 0.0949. The van der Waals surface area contributed by atoms with E-state index in [-0.39, 0.29) is 11.7 Å². The molecule has 124 valence electrons. The molecule has 0 saturated carbocycles. The molecule has 1 amide bonds. The summed E-state index contributed by atoms with van der Waals surface area (Å²) in [7, 11) is -3.15. The molecule has 0 unspecified atom stereocenters. The smallest absolute Gasteiger partial charge is 0.257 e. The molecule has 0 aliphatic carbocycles. The highest BCUT2D eigenvalue weighted by Crippen LogP contribution is 2.24. The fraction of sp³-hybridized carbons (Fsp3) is 0.125. The van der Waals surface area contributed by atoms with Gasteiger partial charge in [0.15, 0.2) is 15.0 Å². The number of nitrogens with zero attached hydrogens (tertiary/aromatic N) is 1. The number of aromatic amines is 1. The number of hydrogen-bond donors (Lipinski definition) is 2. The van der Waals surface area contributed by atoms with Crippen LogP contribution in [-0.2, 0) is 15.6 Å². The van der Waals surface area contributed by atoms with Gasteiger partial charge in [-0.3, -0.25) is 10.1 Å². The lowest BCUT2D eigenvalue weighted by Gasteiger charge is -2.04. The summed E-state index contributed by atoms with van der Waals surface area (Å²) in [6.45, 7) is 0. The molecule has 3 rings (SSSR count). The van der Waals surface area contributed by atoms with Crippen LogP contribution in [0.4, 0.5) is 5.13 Å². The molecule has 1 aromatic carbocycles. The third-order valence-corrected chi connectivity index (χ3v) is 4.83. The summed E-state index contributed by atoms with van der Waals surface area (Å²) in [6.07, 6.45) is 2.97. The van der Waals surface area contributed by atoms with Gasteiger partial charge in [0.05, 0.1) is 17.1 Å². The zero-order chi connectivity index (χ0) is 17.2. The Hall–Kier alpha value is -2.45. The molecule has 2 heterocycles. The Morgan fingerprint density at radius 2 is 2.12 bits per heavy atom. The summed E-state index contributed by atoms with van der Waals surface area (Å²) in [4.78, 5) is 19.7. The van der Waals surface area contributed by atoms with Crippen LogP contribution in [0.15, 0.2) is 48.0 Å². The molecule has 0 fully saturated rings. The minimum Gasteiger partial charge on any atom is -0.360 e. The average Bonchev–Trinajstić information content (AvgIpc) is 3.16. The van der Waals surface area contributed by atoms with Gasteiger partial charge in [-0.1, -0.05) is 12.1 Å².